The number of aliphatic hydroxyl groups excluding tert-OH is 1. The maximum atomic E-state index is 10.8. The van der Waals surface area contributed by atoms with Crippen molar-refractivity contribution in [2.24, 2.45) is 45.3 Å². The standard InChI is InChI=1S/C30H50O/c1-20(2)10-9-11-21(3)22-14-18-30(8)24-12-13-25-27(4,5)26(31)16-17-28(25,6)23(24)15-19-29(22,30)7/h10,12,21-23,25-26,31H,9,11,13-19H2,1-8H3/t21-,22-,23-,25-,26+,28-,29-,30+/m1/s1. The summed E-state index contributed by atoms with van der Waals surface area (Å²) >= 11 is 0. The molecule has 0 saturated heterocycles. The van der Waals surface area contributed by atoms with Gasteiger partial charge in [0.05, 0.1) is 6.10 Å². The van der Waals surface area contributed by atoms with Crippen molar-refractivity contribution in [3.05, 3.63) is 23.3 Å². The lowest BCUT2D eigenvalue weighted by molar-refractivity contribution is -0.131. The van der Waals surface area contributed by atoms with Crippen molar-refractivity contribution >= 4 is 0 Å². The Hall–Kier alpha value is -0.560. The minimum atomic E-state index is -0.137. The Kier molecular flexibility index (Phi) is 5.90. The zero-order valence-corrected chi connectivity index (χ0v) is 21.9. The van der Waals surface area contributed by atoms with Gasteiger partial charge in [0.2, 0.25) is 0 Å². The maximum absolute atomic E-state index is 10.8. The largest absolute Gasteiger partial charge is 0.393 e. The lowest BCUT2D eigenvalue weighted by atomic mass is 9.41. The van der Waals surface area contributed by atoms with Crippen molar-refractivity contribution in [1.29, 1.82) is 0 Å². The number of allylic oxidation sites excluding steroid dienone is 4. The summed E-state index contributed by atoms with van der Waals surface area (Å²) in [5, 5.41) is 10.8. The second-order valence-electron chi connectivity index (χ2n) is 13.7. The van der Waals surface area contributed by atoms with Crippen molar-refractivity contribution in [1.82, 2.24) is 0 Å². The number of hydrogen-bond donors (Lipinski definition) is 1. The van der Waals surface area contributed by atoms with Gasteiger partial charge >= 0.3 is 0 Å². The van der Waals surface area contributed by atoms with E-state index in [4.69, 9.17) is 0 Å². The molecule has 0 spiro atoms. The topological polar surface area (TPSA) is 20.2 Å². The van der Waals surface area contributed by atoms with Crippen LogP contribution in [0.2, 0.25) is 0 Å². The first kappa shape index (κ1) is 23.6. The molecule has 176 valence electrons. The van der Waals surface area contributed by atoms with Gasteiger partial charge in [-0.1, -0.05) is 64.8 Å². The zero-order chi connectivity index (χ0) is 22.8. The second kappa shape index (κ2) is 7.75. The molecular formula is C30H50O. The monoisotopic (exact) mass is 426 g/mol. The van der Waals surface area contributed by atoms with Crippen LogP contribution in [0.25, 0.3) is 0 Å². The van der Waals surface area contributed by atoms with E-state index in [9.17, 15) is 5.11 Å². The van der Waals surface area contributed by atoms with Gasteiger partial charge in [-0.05, 0) is 117 Å². The Morgan fingerprint density at radius 3 is 2.45 bits per heavy atom. The van der Waals surface area contributed by atoms with Gasteiger partial charge < -0.3 is 5.11 Å². The highest BCUT2D eigenvalue weighted by Crippen LogP contribution is 2.73. The van der Waals surface area contributed by atoms with Crippen LogP contribution in [-0.4, -0.2) is 11.2 Å². The van der Waals surface area contributed by atoms with Crippen LogP contribution < -0.4 is 0 Å². The van der Waals surface area contributed by atoms with E-state index < -0.39 is 0 Å². The SMILES string of the molecule is CC(C)=CCC[C@@H](C)[C@H]1CC[C@@]2(C)C3=CC[C@@H]4C(C)(C)[C@@H](O)CC[C@]4(C)[C@@H]3CC[C@]12C. The Morgan fingerprint density at radius 1 is 1.06 bits per heavy atom. The molecule has 0 aromatic carbocycles. The van der Waals surface area contributed by atoms with E-state index in [-0.39, 0.29) is 11.5 Å². The Balaban J connectivity index is 1.62. The molecule has 0 unspecified atom stereocenters. The summed E-state index contributed by atoms with van der Waals surface area (Å²) < 4.78 is 0. The van der Waals surface area contributed by atoms with Crippen LogP contribution in [0.3, 0.4) is 0 Å². The van der Waals surface area contributed by atoms with Crippen LogP contribution in [-0.2, 0) is 0 Å². The lowest BCUT2D eigenvalue weighted by Gasteiger charge is -2.64. The molecule has 4 aliphatic rings. The van der Waals surface area contributed by atoms with E-state index >= 15 is 0 Å². The first-order valence-electron chi connectivity index (χ1n) is 13.4. The Labute approximate surface area is 193 Å². The molecule has 31 heavy (non-hydrogen) atoms. The van der Waals surface area contributed by atoms with Crippen molar-refractivity contribution < 1.29 is 5.11 Å². The molecule has 4 rings (SSSR count). The lowest BCUT2D eigenvalue weighted by Crippen LogP contribution is -2.58. The second-order valence-corrected chi connectivity index (χ2v) is 13.7. The van der Waals surface area contributed by atoms with Gasteiger partial charge in [0.1, 0.15) is 0 Å². The smallest absolute Gasteiger partial charge is 0.0594 e. The summed E-state index contributed by atoms with van der Waals surface area (Å²) in [4.78, 5) is 0. The number of aliphatic hydroxyl groups is 1. The molecule has 8 atom stereocenters. The first-order chi connectivity index (χ1) is 14.4. The van der Waals surface area contributed by atoms with E-state index in [2.05, 4.69) is 67.5 Å². The van der Waals surface area contributed by atoms with E-state index in [0.717, 1.165) is 24.2 Å². The fraction of sp³-hybridized carbons (Fsp3) is 0.867. The van der Waals surface area contributed by atoms with Gasteiger partial charge in [-0.3, -0.25) is 0 Å². The Morgan fingerprint density at radius 2 is 1.77 bits per heavy atom. The number of fused-ring (bicyclic) bond motifs is 5. The molecule has 3 saturated carbocycles. The van der Waals surface area contributed by atoms with Gasteiger partial charge in [-0.2, -0.15) is 0 Å². The van der Waals surface area contributed by atoms with E-state index in [1.54, 1.807) is 0 Å². The molecule has 0 amide bonds. The highest BCUT2D eigenvalue weighted by molar-refractivity contribution is 5.33. The van der Waals surface area contributed by atoms with Crippen LogP contribution in [0.5, 0.6) is 0 Å². The maximum Gasteiger partial charge on any atom is 0.0594 e. The molecule has 1 nitrogen and oxygen atoms in total. The van der Waals surface area contributed by atoms with Gasteiger partial charge in [-0.15, -0.1) is 0 Å². The molecule has 0 radical (unpaired) electrons. The van der Waals surface area contributed by atoms with Crippen LogP contribution in [0, 0.1) is 45.3 Å². The van der Waals surface area contributed by atoms with Crippen LogP contribution in [0.1, 0.15) is 113 Å². The van der Waals surface area contributed by atoms with E-state index in [1.165, 1.54) is 56.9 Å². The first-order valence-corrected chi connectivity index (χ1v) is 13.4. The van der Waals surface area contributed by atoms with E-state index in [0.29, 0.717) is 22.2 Å². The van der Waals surface area contributed by atoms with Gasteiger partial charge in [0.25, 0.3) is 0 Å². The normalized spacial score (nSPS) is 46.9. The van der Waals surface area contributed by atoms with Crippen molar-refractivity contribution in [2.75, 3.05) is 0 Å². The number of rotatable bonds is 4. The van der Waals surface area contributed by atoms with Crippen LogP contribution >= 0.6 is 0 Å². The van der Waals surface area contributed by atoms with Crippen molar-refractivity contribution in [3.63, 3.8) is 0 Å². The summed E-state index contributed by atoms with van der Waals surface area (Å²) in [6, 6.07) is 0. The van der Waals surface area contributed by atoms with Crippen LogP contribution in [0.15, 0.2) is 23.3 Å². The molecule has 1 heteroatoms. The third-order valence-electron chi connectivity index (χ3n) is 11.7. The summed E-state index contributed by atoms with van der Waals surface area (Å²) in [5.41, 5.74) is 4.53. The third-order valence-corrected chi connectivity index (χ3v) is 11.7. The molecule has 0 heterocycles. The molecule has 0 aromatic heterocycles. The minimum Gasteiger partial charge on any atom is -0.393 e. The summed E-state index contributed by atoms with van der Waals surface area (Å²) in [6.45, 7) is 19.6. The molecule has 1 N–H and O–H groups in total. The molecule has 0 aliphatic heterocycles. The van der Waals surface area contributed by atoms with Gasteiger partial charge in [-0.25, -0.2) is 0 Å². The third kappa shape index (κ3) is 3.34. The molecule has 0 bridgehead atoms. The fourth-order valence-corrected chi connectivity index (χ4v) is 9.49. The molecular weight excluding hydrogens is 376 g/mol. The van der Waals surface area contributed by atoms with Crippen molar-refractivity contribution in [3.8, 4) is 0 Å². The van der Waals surface area contributed by atoms with Crippen molar-refractivity contribution in [2.45, 2.75) is 119 Å². The average molecular weight is 427 g/mol. The summed E-state index contributed by atoms with van der Waals surface area (Å²) in [6.07, 6.45) is 16.5. The minimum absolute atomic E-state index is 0.0360. The predicted molar refractivity (Wildman–Crippen MR) is 133 cm³/mol. The predicted octanol–water partition coefficient (Wildman–Crippen LogP) is 8.34. The average Bonchev–Trinajstić information content (AvgIpc) is 2.96. The zero-order valence-electron chi connectivity index (χ0n) is 21.9. The fourth-order valence-electron chi connectivity index (χ4n) is 9.49. The molecule has 3 fully saturated rings. The molecule has 4 aliphatic carbocycles. The van der Waals surface area contributed by atoms with Gasteiger partial charge in [0.15, 0.2) is 0 Å². The van der Waals surface area contributed by atoms with Crippen LogP contribution in [0.4, 0.5) is 0 Å². The summed E-state index contributed by atoms with van der Waals surface area (Å²) in [7, 11) is 0. The summed E-state index contributed by atoms with van der Waals surface area (Å²) in [5.74, 6) is 3.02. The quantitative estimate of drug-likeness (QED) is 0.448. The highest BCUT2D eigenvalue weighted by Gasteiger charge is 2.65. The number of hydrogen-bond acceptors (Lipinski definition) is 1. The highest BCUT2D eigenvalue weighted by atomic mass is 16.3. The van der Waals surface area contributed by atoms with Gasteiger partial charge in [0, 0.05) is 0 Å². The Bertz CT molecular complexity index is 754. The molecule has 0 aromatic rings. The van der Waals surface area contributed by atoms with E-state index in [1.807, 2.05) is 5.57 Å².